The lowest BCUT2D eigenvalue weighted by Gasteiger charge is -2.31. The monoisotopic (exact) mass is 316 g/mol. The number of hydrogen-bond donors (Lipinski definition) is 0. The standard InChI is InChI=1S/C19H28N2O2/c1-14(2)12-20(13-17-9-6-5-8-15(17)3)19(23)18-10-7-11-21(18)16(4)22/h5-6,8-9,14,18H,7,10-13H2,1-4H3/t18-/m1/s1. The van der Waals surface area contributed by atoms with E-state index in [1.807, 2.05) is 17.0 Å². The molecule has 1 aromatic carbocycles. The van der Waals surface area contributed by atoms with Crippen LogP contribution in [0, 0.1) is 12.8 Å². The van der Waals surface area contributed by atoms with E-state index in [-0.39, 0.29) is 17.9 Å². The molecule has 1 aliphatic heterocycles. The lowest BCUT2D eigenvalue weighted by molar-refractivity contribution is -0.143. The van der Waals surface area contributed by atoms with Crippen LogP contribution in [0.25, 0.3) is 0 Å². The molecule has 2 amide bonds. The Bertz CT molecular complexity index is 568. The Hall–Kier alpha value is -1.84. The van der Waals surface area contributed by atoms with Crippen LogP contribution in [0.3, 0.4) is 0 Å². The number of carbonyl (C=O) groups excluding carboxylic acids is 2. The molecule has 126 valence electrons. The van der Waals surface area contributed by atoms with Gasteiger partial charge in [-0.1, -0.05) is 38.1 Å². The zero-order valence-corrected chi connectivity index (χ0v) is 14.7. The molecule has 0 saturated carbocycles. The summed E-state index contributed by atoms with van der Waals surface area (Å²) in [5.41, 5.74) is 2.37. The van der Waals surface area contributed by atoms with Crippen LogP contribution in [0.5, 0.6) is 0 Å². The van der Waals surface area contributed by atoms with E-state index in [2.05, 4.69) is 32.9 Å². The molecule has 1 atom stereocenters. The van der Waals surface area contributed by atoms with Crippen molar-refractivity contribution in [3.63, 3.8) is 0 Å². The Morgan fingerprint density at radius 1 is 1.30 bits per heavy atom. The van der Waals surface area contributed by atoms with E-state index < -0.39 is 0 Å². The van der Waals surface area contributed by atoms with Gasteiger partial charge >= 0.3 is 0 Å². The number of amides is 2. The molecular formula is C19H28N2O2. The maximum absolute atomic E-state index is 13.0. The molecule has 0 unspecified atom stereocenters. The third kappa shape index (κ3) is 4.34. The quantitative estimate of drug-likeness (QED) is 0.838. The van der Waals surface area contributed by atoms with Gasteiger partial charge in [0.1, 0.15) is 6.04 Å². The predicted octanol–water partition coefficient (Wildman–Crippen LogP) is 2.99. The maximum Gasteiger partial charge on any atom is 0.245 e. The van der Waals surface area contributed by atoms with Gasteiger partial charge in [-0.05, 0) is 36.8 Å². The van der Waals surface area contributed by atoms with E-state index in [0.717, 1.165) is 19.4 Å². The molecular weight excluding hydrogens is 288 g/mol. The second kappa shape index (κ2) is 7.62. The van der Waals surface area contributed by atoms with Crippen LogP contribution in [0.4, 0.5) is 0 Å². The molecule has 1 fully saturated rings. The maximum atomic E-state index is 13.0. The van der Waals surface area contributed by atoms with Crippen LogP contribution in [0.2, 0.25) is 0 Å². The first kappa shape index (κ1) is 17.5. The Kier molecular flexibility index (Phi) is 5.80. The van der Waals surface area contributed by atoms with Crippen LogP contribution in [0.15, 0.2) is 24.3 Å². The normalized spacial score (nSPS) is 17.6. The van der Waals surface area contributed by atoms with Gasteiger partial charge in [0.25, 0.3) is 0 Å². The summed E-state index contributed by atoms with van der Waals surface area (Å²) >= 11 is 0. The highest BCUT2D eigenvalue weighted by Gasteiger charge is 2.35. The van der Waals surface area contributed by atoms with Gasteiger partial charge in [0, 0.05) is 26.6 Å². The van der Waals surface area contributed by atoms with Crippen LogP contribution < -0.4 is 0 Å². The van der Waals surface area contributed by atoms with Gasteiger partial charge in [0.15, 0.2) is 0 Å². The fourth-order valence-corrected chi connectivity index (χ4v) is 3.28. The highest BCUT2D eigenvalue weighted by Crippen LogP contribution is 2.22. The van der Waals surface area contributed by atoms with E-state index in [0.29, 0.717) is 19.0 Å². The van der Waals surface area contributed by atoms with E-state index in [4.69, 9.17) is 0 Å². The first-order valence-electron chi connectivity index (χ1n) is 8.50. The third-order valence-corrected chi connectivity index (χ3v) is 4.46. The second-order valence-electron chi connectivity index (χ2n) is 6.91. The van der Waals surface area contributed by atoms with Gasteiger partial charge in [-0.15, -0.1) is 0 Å². The summed E-state index contributed by atoms with van der Waals surface area (Å²) in [6.45, 7) is 9.91. The van der Waals surface area contributed by atoms with Crippen LogP contribution in [-0.2, 0) is 16.1 Å². The largest absolute Gasteiger partial charge is 0.336 e. The fraction of sp³-hybridized carbons (Fsp3) is 0.579. The van der Waals surface area contributed by atoms with Crippen molar-refractivity contribution in [3.8, 4) is 0 Å². The molecule has 1 aliphatic rings. The molecule has 0 radical (unpaired) electrons. The van der Waals surface area contributed by atoms with Gasteiger partial charge < -0.3 is 9.80 Å². The van der Waals surface area contributed by atoms with Crippen molar-refractivity contribution in [3.05, 3.63) is 35.4 Å². The minimum Gasteiger partial charge on any atom is -0.336 e. The number of hydrogen-bond acceptors (Lipinski definition) is 2. The average Bonchev–Trinajstić information content (AvgIpc) is 2.97. The Balaban J connectivity index is 2.19. The third-order valence-electron chi connectivity index (χ3n) is 4.46. The van der Waals surface area contributed by atoms with E-state index in [1.54, 1.807) is 11.8 Å². The molecule has 1 saturated heterocycles. The van der Waals surface area contributed by atoms with Crippen LogP contribution >= 0.6 is 0 Å². The topological polar surface area (TPSA) is 40.6 Å². The van der Waals surface area contributed by atoms with Crippen molar-refractivity contribution in [1.82, 2.24) is 9.80 Å². The molecule has 0 aromatic heterocycles. The van der Waals surface area contributed by atoms with Gasteiger partial charge in [-0.2, -0.15) is 0 Å². The zero-order valence-electron chi connectivity index (χ0n) is 14.7. The van der Waals surface area contributed by atoms with Crippen molar-refractivity contribution in [2.75, 3.05) is 13.1 Å². The Morgan fingerprint density at radius 2 is 2.00 bits per heavy atom. The lowest BCUT2D eigenvalue weighted by Crippen LogP contribution is -2.48. The summed E-state index contributed by atoms with van der Waals surface area (Å²) < 4.78 is 0. The fourth-order valence-electron chi connectivity index (χ4n) is 3.28. The van der Waals surface area contributed by atoms with Crippen LogP contribution in [0.1, 0.15) is 44.7 Å². The Labute approximate surface area is 139 Å². The smallest absolute Gasteiger partial charge is 0.245 e. The second-order valence-corrected chi connectivity index (χ2v) is 6.91. The van der Waals surface area contributed by atoms with E-state index in [9.17, 15) is 9.59 Å². The summed E-state index contributed by atoms with van der Waals surface area (Å²) in [5, 5.41) is 0. The predicted molar refractivity (Wildman–Crippen MR) is 91.8 cm³/mol. The summed E-state index contributed by atoms with van der Waals surface area (Å²) in [7, 11) is 0. The van der Waals surface area contributed by atoms with Gasteiger partial charge in [-0.25, -0.2) is 0 Å². The molecule has 0 spiro atoms. The van der Waals surface area contributed by atoms with Crippen molar-refractivity contribution >= 4 is 11.8 Å². The molecule has 1 heterocycles. The SMILES string of the molecule is CC(=O)N1CCC[C@@H]1C(=O)N(Cc1ccccc1C)CC(C)C. The van der Waals surface area contributed by atoms with Crippen LogP contribution in [-0.4, -0.2) is 40.7 Å². The van der Waals surface area contributed by atoms with Gasteiger partial charge in [0.05, 0.1) is 0 Å². The van der Waals surface area contributed by atoms with E-state index >= 15 is 0 Å². The first-order chi connectivity index (χ1) is 10.9. The molecule has 2 rings (SSSR count). The number of rotatable bonds is 5. The minimum atomic E-state index is -0.282. The number of likely N-dealkylation sites (tertiary alicyclic amines) is 1. The molecule has 4 nitrogen and oxygen atoms in total. The molecule has 1 aromatic rings. The van der Waals surface area contributed by atoms with Gasteiger partial charge in [-0.3, -0.25) is 9.59 Å². The number of benzene rings is 1. The van der Waals surface area contributed by atoms with Gasteiger partial charge in [0.2, 0.25) is 11.8 Å². The highest BCUT2D eigenvalue weighted by molar-refractivity contribution is 5.87. The summed E-state index contributed by atoms with van der Waals surface area (Å²) in [4.78, 5) is 28.5. The van der Waals surface area contributed by atoms with Crippen molar-refractivity contribution < 1.29 is 9.59 Å². The van der Waals surface area contributed by atoms with Crippen molar-refractivity contribution in [2.45, 2.75) is 53.1 Å². The lowest BCUT2D eigenvalue weighted by atomic mass is 10.1. The number of carbonyl (C=O) groups is 2. The van der Waals surface area contributed by atoms with Crippen molar-refractivity contribution in [1.29, 1.82) is 0 Å². The molecule has 0 bridgehead atoms. The molecule has 23 heavy (non-hydrogen) atoms. The molecule has 4 heteroatoms. The average molecular weight is 316 g/mol. The Morgan fingerprint density at radius 3 is 2.61 bits per heavy atom. The van der Waals surface area contributed by atoms with E-state index in [1.165, 1.54) is 11.1 Å². The minimum absolute atomic E-state index is 0.00115. The number of aryl methyl sites for hydroxylation is 1. The van der Waals surface area contributed by atoms with Crippen molar-refractivity contribution in [2.24, 2.45) is 5.92 Å². The highest BCUT2D eigenvalue weighted by atomic mass is 16.2. The molecule has 0 aliphatic carbocycles. The summed E-state index contributed by atoms with van der Waals surface area (Å²) in [5.74, 6) is 0.492. The first-order valence-corrected chi connectivity index (χ1v) is 8.50. The molecule has 0 N–H and O–H groups in total. The summed E-state index contributed by atoms with van der Waals surface area (Å²) in [6, 6.07) is 7.90. The number of nitrogens with zero attached hydrogens (tertiary/aromatic N) is 2. The summed E-state index contributed by atoms with van der Waals surface area (Å²) in [6.07, 6.45) is 1.69. The zero-order chi connectivity index (χ0) is 17.0.